The number of rotatable bonds is 5. The highest BCUT2D eigenvalue weighted by molar-refractivity contribution is 5.76. The van der Waals surface area contributed by atoms with Crippen LogP contribution in [0.1, 0.15) is 51.9 Å². The van der Waals surface area contributed by atoms with E-state index >= 15 is 0 Å². The van der Waals surface area contributed by atoms with Crippen LogP contribution in [0.15, 0.2) is 17.2 Å². The fraction of sp³-hybridized carbons (Fsp3) is 0.750. The van der Waals surface area contributed by atoms with Crippen LogP contribution in [-0.2, 0) is 11.8 Å². The Morgan fingerprint density at radius 3 is 2.70 bits per heavy atom. The highest BCUT2D eigenvalue weighted by Gasteiger charge is 2.25. The first-order valence-electron chi connectivity index (χ1n) is 10.3. The zero-order valence-corrected chi connectivity index (χ0v) is 16.7. The molecule has 0 unspecified atom stereocenters. The minimum Gasteiger partial charge on any atom is -0.350 e. The normalized spacial score (nSPS) is 22.4. The number of aromatic nitrogens is 2. The quantitative estimate of drug-likeness (QED) is 0.845. The lowest BCUT2D eigenvalue weighted by molar-refractivity contribution is -0.131. The summed E-state index contributed by atoms with van der Waals surface area (Å²) in [7, 11) is 1.75. The number of nitrogens with zero attached hydrogens (tertiary/aromatic N) is 4. The highest BCUT2D eigenvalue weighted by Crippen LogP contribution is 2.16. The average molecular weight is 376 g/mol. The van der Waals surface area contributed by atoms with Crippen LogP contribution in [0.3, 0.4) is 0 Å². The van der Waals surface area contributed by atoms with Crippen LogP contribution in [-0.4, -0.2) is 58.6 Å². The van der Waals surface area contributed by atoms with Crippen molar-refractivity contribution in [2.45, 2.75) is 64.0 Å². The monoisotopic (exact) mass is 375 g/mol. The van der Waals surface area contributed by atoms with Crippen molar-refractivity contribution in [2.24, 2.45) is 7.05 Å². The van der Waals surface area contributed by atoms with E-state index in [9.17, 15) is 9.59 Å². The molecule has 2 saturated heterocycles. The fourth-order valence-electron chi connectivity index (χ4n) is 4.18. The van der Waals surface area contributed by atoms with Gasteiger partial charge in [-0.3, -0.25) is 9.59 Å². The van der Waals surface area contributed by atoms with Gasteiger partial charge >= 0.3 is 0 Å². The first kappa shape index (κ1) is 19.9. The third kappa shape index (κ3) is 5.31. The average Bonchev–Trinajstić information content (AvgIpc) is 2.93. The number of carbonyl (C=O) groups excluding carboxylic acids is 1. The van der Waals surface area contributed by atoms with Crippen LogP contribution < -0.4 is 15.8 Å². The van der Waals surface area contributed by atoms with Gasteiger partial charge in [0.15, 0.2) is 5.82 Å². The first-order valence-corrected chi connectivity index (χ1v) is 10.3. The molecule has 2 aliphatic heterocycles. The van der Waals surface area contributed by atoms with E-state index < -0.39 is 0 Å². The van der Waals surface area contributed by atoms with Gasteiger partial charge in [-0.2, -0.15) is 0 Å². The molecule has 0 radical (unpaired) electrons. The molecule has 1 amide bonds. The molecular formula is C20H33N5O2. The minimum absolute atomic E-state index is 0.0532. The van der Waals surface area contributed by atoms with Crippen LogP contribution in [0, 0.1) is 0 Å². The predicted molar refractivity (Wildman–Crippen MR) is 107 cm³/mol. The Bertz CT molecular complexity index is 681. The number of aryl methyl sites for hydroxylation is 1. The van der Waals surface area contributed by atoms with Crippen LogP contribution >= 0.6 is 0 Å². The number of carbonyl (C=O) groups is 1. The maximum absolute atomic E-state index is 12.6. The lowest BCUT2D eigenvalue weighted by Crippen LogP contribution is -2.51. The van der Waals surface area contributed by atoms with Crippen molar-refractivity contribution in [1.29, 1.82) is 0 Å². The summed E-state index contributed by atoms with van der Waals surface area (Å²) < 4.78 is 1.57. The molecule has 0 bridgehead atoms. The summed E-state index contributed by atoms with van der Waals surface area (Å²) in [6, 6.07) is 0.412. The SMILES string of the molecule is C[C@@H](CC(=O)N1CCCCCC1)N[C@H]1CCCN(c2nccn(C)c2=O)C1. The van der Waals surface area contributed by atoms with Gasteiger partial charge in [0.1, 0.15) is 0 Å². The molecule has 3 heterocycles. The molecule has 1 N–H and O–H groups in total. The second-order valence-electron chi connectivity index (χ2n) is 8.02. The van der Waals surface area contributed by atoms with E-state index in [1.165, 1.54) is 12.8 Å². The Balaban J connectivity index is 1.53. The molecule has 0 aromatic carbocycles. The van der Waals surface area contributed by atoms with Crippen molar-refractivity contribution in [3.63, 3.8) is 0 Å². The zero-order valence-electron chi connectivity index (χ0n) is 16.7. The smallest absolute Gasteiger partial charge is 0.293 e. The van der Waals surface area contributed by atoms with Crippen molar-refractivity contribution in [2.75, 3.05) is 31.1 Å². The van der Waals surface area contributed by atoms with Crippen molar-refractivity contribution in [3.05, 3.63) is 22.7 Å². The van der Waals surface area contributed by atoms with E-state index in [1.807, 2.05) is 4.90 Å². The Morgan fingerprint density at radius 1 is 1.22 bits per heavy atom. The summed E-state index contributed by atoms with van der Waals surface area (Å²) in [4.78, 5) is 33.3. The molecule has 7 heteroatoms. The van der Waals surface area contributed by atoms with Gasteiger partial charge in [0.2, 0.25) is 5.91 Å². The fourth-order valence-corrected chi connectivity index (χ4v) is 4.18. The van der Waals surface area contributed by atoms with E-state index in [2.05, 4.69) is 22.1 Å². The van der Waals surface area contributed by atoms with E-state index in [1.54, 1.807) is 24.0 Å². The number of hydrogen-bond acceptors (Lipinski definition) is 5. The third-order valence-corrected chi connectivity index (χ3v) is 5.68. The van der Waals surface area contributed by atoms with Gasteiger partial charge < -0.3 is 19.7 Å². The summed E-state index contributed by atoms with van der Waals surface area (Å²) >= 11 is 0. The second kappa shape index (κ2) is 9.35. The number of hydrogen-bond donors (Lipinski definition) is 1. The molecule has 2 fully saturated rings. The largest absolute Gasteiger partial charge is 0.350 e. The lowest BCUT2D eigenvalue weighted by atomic mass is 10.0. The zero-order chi connectivity index (χ0) is 19.2. The lowest BCUT2D eigenvalue weighted by Gasteiger charge is -2.35. The summed E-state index contributed by atoms with van der Waals surface area (Å²) in [6.45, 7) is 5.52. The maximum Gasteiger partial charge on any atom is 0.293 e. The van der Waals surface area contributed by atoms with Crippen LogP contribution in [0.2, 0.25) is 0 Å². The first-order chi connectivity index (χ1) is 13.0. The molecule has 0 spiro atoms. The molecule has 2 atom stereocenters. The molecule has 1 aromatic heterocycles. The number of nitrogens with one attached hydrogen (secondary N) is 1. The predicted octanol–water partition coefficient (Wildman–Crippen LogP) is 1.52. The van der Waals surface area contributed by atoms with Gasteiger partial charge in [0.05, 0.1) is 0 Å². The summed E-state index contributed by atoms with van der Waals surface area (Å²) in [6.07, 6.45) is 10.7. The van der Waals surface area contributed by atoms with Crippen molar-refractivity contribution in [3.8, 4) is 0 Å². The van der Waals surface area contributed by atoms with E-state index in [0.717, 1.165) is 51.9 Å². The van der Waals surface area contributed by atoms with E-state index in [0.29, 0.717) is 12.2 Å². The van der Waals surface area contributed by atoms with E-state index in [-0.39, 0.29) is 23.6 Å². The molecule has 2 aliphatic rings. The second-order valence-corrected chi connectivity index (χ2v) is 8.02. The molecule has 0 aliphatic carbocycles. The Kier molecular flexibility index (Phi) is 6.88. The standard InChI is InChI=1S/C20H33N5O2/c1-16(14-18(26)24-10-5-3-4-6-11-24)22-17-8-7-12-25(15-17)19-20(27)23(2)13-9-21-19/h9,13,16-17,22H,3-8,10-12,14-15H2,1-2H3/t16-,17-/m0/s1. The Labute approximate surface area is 161 Å². The van der Waals surface area contributed by atoms with Crippen LogP contribution in [0.25, 0.3) is 0 Å². The van der Waals surface area contributed by atoms with Crippen LogP contribution in [0.4, 0.5) is 5.82 Å². The van der Waals surface area contributed by atoms with Crippen molar-refractivity contribution >= 4 is 11.7 Å². The van der Waals surface area contributed by atoms with Gasteiger partial charge in [-0.15, -0.1) is 0 Å². The summed E-state index contributed by atoms with van der Waals surface area (Å²) in [5, 5.41) is 3.61. The molecular weight excluding hydrogens is 342 g/mol. The van der Waals surface area contributed by atoms with Gasteiger partial charge in [0.25, 0.3) is 5.56 Å². The topological polar surface area (TPSA) is 70.5 Å². The van der Waals surface area contributed by atoms with Gasteiger partial charge in [-0.25, -0.2) is 4.98 Å². The van der Waals surface area contributed by atoms with Gasteiger partial charge in [-0.05, 0) is 32.6 Å². The number of anilines is 1. The summed E-state index contributed by atoms with van der Waals surface area (Å²) in [5.74, 6) is 0.794. The molecule has 7 nitrogen and oxygen atoms in total. The maximum atomic E-state index is 12.6. The van der Waals surface area contributed by atoms with Gasteiger partial charge in [-0.1, -0.05) is 12.8 Å². The molecule has 1 aromatic rings. The molecule has 27 heavy (non-hydrogen) atoms. The Morgan fingerprint density at radius 2 is 1.96 bits per heavy atom. The molecule has 0 saturated carbocycles. The molecule has 3 rings (SSSR count). The van der Waals surface area contributed by atoms with Crippen molar-refractivity contribution in [1.82, 2.24) is 19.8 Å². The minimum atomic E-state index is -0.0532. The highest BCUT2D eigenvalue weighted by atomic mass is 16.2. The van der Waals surface area contributed by atoms with Crippen molar-refractivity contribution < 1.29 is 4.79 Å². The Hall–Kier alpha value is -1.89. The number of likely N-dealkylation sites (tertiary alicyclic amines) is 1. The van der Waals surface area contributed by atoms with E-state index in [4.69, 9.17) is 0 Å². The molecule has 150 valence electrons. The summed E-state index contributed by atoms with van der Waals surface area (Å²) in [5.41, 5.74) is -0.0532. The number of amides is 1. The number of piperidine rings is 1. The third-order valence-electron chi connectivity index (χ3n) is 5.68. The van der Waals surface area contributed by atoms with Gasteiger partial charge in [0, 0.05) is 64.1 Å². The van der Waals surface area contributed by atoms with Crippen LogP contribution in [0.5, 0.6) is 0 Å².